The molecule has 10 heteroatoms. The number of ketones is 1. The van der Waals surface area contributed by atoms with Crippen molar-refractivity contribution in [2.75, 3.05) is 19.6 Å². The summed E-state index contributed by atoms with van der Waals surface area (Å²) in [5, 5.41) is 1.70. The van der Waals surface area contributed by atoms with Gasteiger partial charge in [-0.25, -0.2) is 12.7 Å². The molecule has 7 rings (SSSR count). The van der Waals surface area contributed by atoms with Gasteiger partial charge in [0.05, 0.1) is 23.0 Å². The fraction of sp³-hybridized carbons (Fsp3) is 0.415. The molecule has 0 spiro atoms. The van der Waals surface area contributed by atoms with E-state index in [1.807, 2.05) is 47.4 Å². The van der Waals surface area contributed by atoms with E-state index in [2.05, 4.69) is 85.2 Å². The number of Topliss-reactive ketones (excluding diaryl/α,β-unsaturated/α-hetero) is 1. The monoisotopic (exact) mass is 836 g/mol. The number of piperidine rings is 3. The van der Waals surface area contributed by atoms with Crippen molar-refractivity contribution in [1.29, 1.82) is 0 Å². The number of allylic oxidation sites excluding steroid dienone is 2. The van der Waals surface area contributed by atoms with Gasteiger partial charge in [-0.1, -0.05) is 134 Å². The third kappa shape index (κ3) is 6.53. The maximum atomic E-state index is 15.3. The Hall–Kier alpha value is -2.90. The lowest BCUT2D eigenvalue weighted by Crippen LogP contribution is -2.78. The van der Waals surface area contributed by atoms with Gasteiger partial charge in [-0.2, -0.15) is 0 Å². The van der Waals surface area contributed by atoms with Crippen LogP contribution < -0.4 is 10.4 Å². The van der Waals surface area contributed by atoms with Crippen LogP contribution in [-0.2, 0) is 24.0 Å². The molecular weight excluding hydrogens is 788 g/mol. The summed E-state index contributed by atoms with van der Waals surface area (Å²) >= 11 is 2.22. The molecule has 4 fully saturated rings. The van der Waals surface area contributed by atoms with Gasteiger partial charge in [0.1, 0.15) is 5.78 Å². The fourth-order valence-electron chi connectivity index (χ4n) is 9.22. The number of benzene rings is 3. The maximum Gasteiger partial charge on any atom is 0.266 e. The molecule has 3 aromatic carbocycles. The number of aryl methyl sites for hydroxylation is 1. The van der Waals surface area contributed by atoms with Crippen molar-refractivity contribution in [3.05, 3.63) is 113 Å². The summed E-state index contributed by atoms with van der Waals surface area (Å²) in [5.74, 6) is -1.32. The van der Waals surface area contributed by atoms with Gasteiger partial charge in [0, 0.05) is 30.8 Å². The Labute approximate surface area is 318 Å². The van der Waals surface area contributed by atoms with Crippen LogP contribution in [0.25, 0.3) is 0 Å². The van der Waals surface area contributed by atoms with Gasteiger partial charge in [0.25, 0.3) is 18.3 Å². The van der Waals surface area contributed by atoms with Gasteiger partial charge in [0.2, 0.25) is 5.91 Å². The van der Waals surface area contributed by atoms with Crippen LogP contribution >= 0.6 is 22.6 Å². The van der Waals surface area contributed by atoms with E-state index < -0.39 is 58.7 Å². The van der Waals surface area contributed by atoms with E-state index in [4.69, 9.17) is 4.43 Å². The first kappa shape index (κ1) is 37.8. The molecule has 270 valence electrons. The second-order valence-electron chi connectivity index (χ2n) is 15.3. The molecule has 3 aliphatic heterocycles. The molecule has 7 nitrogen and oxygen atoms in total. The van der Waals surface area contributed by atoms with Crippen molar-refractivity contribution < 1.29 is 22.4 Å². The first-order valence-electron chi connectivity index (χ1n) is 17.9. The Bertz CT molecular complexity index is 1840. The predicted octanol–water partition coefficient (Wildman–Crippen LogP) is 6.65. The second-order valence-corrected chi connectivity index (χ2v) is 22.2. The van der Waals surface area contributed by atoms with Crippen molar-refractivity contribution in [3.63, 3.8) is 0 Å². The SMILES string of the molecule is C=CC[C@]12C(=O)N(S(=O)(=O)c3ccc(C)cc3)C[C@H](O[Si](c3ccccc3)(c3ccccc3)C(C)(C)C)[C@H]1[C@H]1CN(CCC/C=C\I)[C@@H]2CC1=O. The minimum absolute atomic E-state index is 0.0670. The number of unbranched alkanes of at least 4 members (excludes halogenated alkanes) is 1. The van der Waals surface area contributed by atoms with Gasteiger partial charge >= 0.3 is 0 Å². The zero-order valence-electron chi connectivity index (χ0n) is 30.0. The first-order chi connectivity index (χ1) is 24.3. The van der Waals surface area contributed by atoms with Gasteiger partial charge in [-0.15, -0.1) is 6.58 Å². The van der Waals surface area contributed by atoms with Crippen LogP contribution in [0.15, 0.2) is 113 Å². The maximum absolute atomic E-state index is 15.3. The minimum Gasteiger partial charge on any atom is -0.402 e. The Morgan fingerprint density at radius 2 is 1.57 bits per heavy atom. The topological polar surface area (TPSA) is 84.0 Å². The third-order valence-corrected chi connectivity index (χ3v) is 18.7. The van der Waals surface area contributed by atoms with E-state index in [1.165, 1.54) is 0 Å². The van der Waals surface area contributed by atoms with Gasteiger partial charge in [-0.3, -0.25) is 14.5 Å². The molecule has 0 unspecified atom stereocenters. The highest BCUT2D eigenvalue weighted by Gasteiger charge is 2.70. The van der Waals surface area contributed by atoms with Crippen molar-refractivity contribution in [3.8, 4) is 0 Å². The van der Waals surface area contributed by atoms with Crippen molar-refractivity contribution in [2.24, 2.45) is 17.3 Å². The number of carbonyl (C=O) groups excluding carboxylic acids is 2. The molecule has 0 N–H and O–H groups in total. The van der Waals surface area contributed by atoms with Crippen molar-refractivity contribution in [2.45, 2.75) is 75.5 Å². The molecule has 1 amide bonds. The highest BCUT2D eigenvalue weighted by Crippen LogP contribution is 2.58. The van der Waals surface area contributed by atoms with Gasteiger partial charge in [-0.05, 0) is 64.4 Å². The average Bonchev–Trinajstić information content (AvgIpc) is 3.11. The summed E-state index contributed by atoms with van der Waals surface area (Å²) in [7, 11) is -7.54. The number of sulfonamides is 1. The molecule has 51 heavy (non-hydrogen) atoms. The number of hydrogen-bond acceptors (Lipinski definition) is 6. The van der Waals surface area contributed by atoms with Crippen molar-refractivity contribution in [1.82, 2.24) is 9.21 Å². The lowest BCUT2D eigenvalue weighted by atomic mass is 9.50. The number of fused-ring (bicyclic) bond motifs is 2. The largest absolute Gasteiger partial charge is 0.402 e. The zero-order chi connectivity index (χ0) is 36.6. The van der Waals surface area contributed by atoms with Crippen molar-refractivity contribution >= 4 is 63.0 Å². The van der Waals surface area contributed by atoms with Crippen LogP contribution in [0.1, 0.15) is 52.0 Å². The predicted molar refractivity (Wildman–Crippen MR) is 214 cm³/mol. The molecule has 0 aromatic heterocycles. The van der Waals surface area contributed by atoms with Crippen LogP contribution in [-0.4, -0.2) is 69.4 Å². The number of nitrogens with zero attached hydrogens (tertiary/aromatic N) is 2. The summed E-state index contributed by atoms with van der Waals surface area (Å²) in [5.41, 5.74) is -0.296. The molecule has 3 aromatic rings. The fourth-order valence-corrected chi connectivity index (χ4v) is 15.7. The Morgan fingerprint density at radius 3 is 2.12 bits per heavy atom. The van der Waals surface area contributed by atoms with Crippen LogP contribution in [0.2, 0.25) is 5.04 Å². The van der Waals surface area contributed by atoms with Crippen LogP contribution in [0.3, 0.4) is 0 Å². The Balaban J connectivity index is 1.58. The number of halogens is 1. The molecule has 1 aliphatic carbocycles. The summed E-state index contributed by atoms with van der Waals surface area (Å²) < 4.78 is 40.3. The van der Waals surface area contributed by atoms with Crippen LogP contribution in [0.4, 0.5) is 0 Å². The normalized spacial score (nSPS) is 25.7. The van der Waals surface area contributed by atoms with Crippen LogP contribution in [0.5, 0.6) is 0 Å². The molecular formula is C41H49IN2O5SSi. The minimum atomic E-state index is -4.29. The van der Waals surface area contributed by atoms with E-state index in [1.54, 1.807) is 30.3 Å². The smallest absolute Gasteiger partial charge is 0.266 e. The molecule has 3 saturated heterocycles. The van der Waals surface area contributed by atoms with Crippen LogP contribution in [0, 0.1) is 24.2 Å². The van der Waals surface area contributed by atoms with E-state index in [9.17, 15) is 13.2 Å². The number of hydrogen-bond donors (Lipinski definition) is 0. The highest BCUT2D eigenvalue weighted by molar-refractivity contribution is 14.1. The molecule has 2 bridgehead atoms. The Morgan fingerprint density at radius 1 is 0.961 bits per heavy atom. The number of rotatable bonds is 12. The molecule has 5 atom stereocenters. The summed E-state index contributed by atoms with van der Waals surface area (Å²) in [6, 6.07) is 26.7. The summed E-state index contributed by atoms with van der Waals surface area (Å²) in [6.07, 6.45) is 5.32. The highest BCUT2D eigenvalue weighted by atomic mass is 127. The van der Waals surface area contributed by atoms with Gasteiger partial charge < -0.3 is 4.43 Å². The quantitative estimate of drug-likeness (QED) is 0.0880. The molecule has 3 heterocycles. The second kappa shape index (κ2) is 14.8. The molecule has 0 radical (unpaired) electrons. The summed E-state index contributed by atoms with van der Waals surface area (Å²) in [4.78, 5) is 31.8. The van der Waals surface area contributed by atoms with Gasteiger partial charge in [0.15, 0.2) is 0 Å². The third-order valence-electron chi connectivity index (χ3n) is 11.4. The zero-order valence-corrected chi connectivity index (χ0v) is 34.0. The van der Waals surface area contributed by atoms with E-state index in [-0.39, 0.29) is 30.1 Å². The lowest BCUT2D eigenvalue weighted by molar-refractivity contribution is -0.193. The van der Waals surface area contributed by atoms with E-state index >= 15 is 4.79 Å². The standard InChI is InChI=1S/C41H49IN2O5SSi/c1-6-24-41-37-27-35(45)34(28-43(37)26-15-9-14-25-42)38(41)36(29-44(39(41)46)50(47,48)31-22-20-30(2)21-23-31)49-51(40(3,4)5,32-16-10-7-11-17-32)33-18-12-8-13-19-33/h6-8,10-14,16-23,25,34,36-38H,1,9,15,24,26-29H2,2-5H3/b25-14-/t34-,36-,37+,38+,41+/m0/s1. The summed E-state index contributed by atoms with van der Waals surface area (Å²) in [6.45, 7) is 13.7. The Kier molecular flexibility index (Phi) is 11.0. The number of amides is 1. The molecule has 4 aliphatic rings. The molecule has 1 saturated carbocycles. The number of carbonyl (C=O) groups is 2. The van der Waals surface area contributed by atoms with E-state index in [0.717, 1.165) is 33.1 Å². The lowest BCUT2D eigenvalue weighted by Gasteiger charge is -2.64. The average molecular weight is 837 g/mol. The first-order valence-corrected chi connectivity index (χ1v) is 22.5. The van der Waals surface area contributed by atoms with E-state index in [0.29, 0.717) is 13.1 Å².